The van der Waals surface area contributed by atoms with Gasteiger partial charge in [-0.2, -0.15) is 4.98 Å². The summed E-state index contributed by atoms with van der Waals surface area (Å²) in [4.78, 5) is 32.3. The van der Waals surface area contributed by atoms with Gasteiger partial charge in [-0.3, -0.25) is 9.59 Å². The quantitative estimate of drug-likeness (QED) is 0.740. The van der Waals surface area contributed by atoms with Crippen molar-refractivity contribution in [1.29, 1.82) is 0 Å². The first-order chi connectivity index (χ1) is 14.3. The number of fused-ring (bicyclic) bond motifs is 3. The zero-order valence-electron chi connectivity index (χ0n) is 17.5. The maximum Gasteiger partial charge on any atom is 0.260 e. The number of amides is 2. The van der Waals surface area contributed by atoms with E-state index in [1.807, 2.05) is 19.9 Å². The van der Waals surface area contributed by atoms with Gasteiger partial charge in [0.05, 0.1) is 19.8 Å². The van der Waals surface area contributed by atoms with Crippen LogP contribution in [-0.4, -0.2) is 58.4 Å². The first-order valence-electron chi connectivity index (χ1n) is 9.60. The number of rotatable bonds is 6. The molecular formula is C20H24N4O5S. The lowest BCUT2D eigenvalue weighted by molar-refractivity contribution is -0.126. The molecule has 2 aliphatic heterocycles. The molecule has 2 aromatic rings. The fourth-order valence-electron chi connectivity index (χ4n) is 4.09. The van der Waals surface area contributed by atoms with Crippen molar-refractivity contribution >= 4 is 23.6 Å². The largest absolute Gasteiger partial charge is 0.493 e. The van der Waals surface area contributed by atoms with Gasteiger partial charge in [-0.25, -0.2) is 0 Å². The van der Waals surface area contributed by atoms with Gasteiger partial charge in [-0.15, -0.1) is 11.8 Å². The molecule has 1 aromatic heterocycles. The van der Waals surface area contributed by atoms with Crippen LogP contribution < -0.4 is 14.8 Å². The topological polar surface area (TPSA) is 107 Å². The fourth-order valence-corrected chi connectivity index (χ4v) is 5.67. The molecule has 1 aromatic carbocycles. The summed E-state index contributed by atoms with van der Waals surface area (Å²) in [6.07, 6.45) is 0.426. The highest BCUT2D eigenvalue weighted by molar-refractivity contribution is 8.01. The summed E-state index contributed by atoms with van der Waals surface area (Å²) in [6.45, 7) is 6.04. The highest BCUT2D eigenvalue weighted by Crippen LogP contribution is 2.58. The summed E-state index contributed by atoms with van der Waals surface area (Å²) in [5, 5.41) is 6.41. The average molecular weight is 433 g/mol. The summed E-state index contributed by atoms with van der Waals surface area (Å²) in [7, 11) is 3.04. The Labute approximate surface area is 178 Å². The first-order valence-corrected chi connectivity index (χ1v) is 10.5. The molecule has 0 saturated carbocycles. The number of hydrogen-bond donors (Lipinski definition) is 1. The Morgan fingerprint density at radius 3 is 2.73 bits per heavy atom. The number of aromatic nitrogens is 2. The lowest BCUT2D eigenvalue weighted by Crippen LogP contribution is -2.52. The Hall–Kier alpha value is -2.75. The Morgan fingerprint density at radius 2 is 2.10 bits per heavy atom. The van der Waals surface area contributed by atoms with E-state index in [0.29, 0.717) is 41.7 Å². The number of hydrogen-bond acceptors (Lipinski definition) is 8. The molecule has 9 nitrogen and oxygen atoms in total. The number of nitrogens with one attached hydrogen (secondary N) is 1. The van der Waals surface area contributed by atoms with Crippen LogP contribution in [0.5, 0.6) is 11.5 Å². The molecule has 2 aliphatic rings. The summed E-state index contributed by atoms with van der Waals surface area (Å²) >= 11 is 1.59. The lowest BCUT2D eigenvalue weighted by atomic mass is 10.0. The van der Waals surface area contributed by atoms with E-state index < -0.39 is 10.8 Å². The van der Waals surface area contributed by atoms with Crippen LogP contribution >= 0.6 is 11.8 Å². The normalized spacial score (nSPS) is 21.4. The van der Waals surface area contributed by atoms with Crippen molar-refractivity contribution in [2.45, 2.75) is 43.4 Å². The van der Waals surface area contributed by atoms with Gasteiger partial charge >= 0.3 is 0 Å². The lowest BCUT2D eigenvalue weighted by Gasteiger charge is -2.29. The second kappa shape index (κ2) is 7.50. The second-order valence-corrected chi connectivity index (χ2v) is 9.46. The summed E-state index contributed by atoms with van der Waals surface area (Å²) in [6, 6.07) is 3.04. The number of carbonyl (C=O) groups excluding carboxylic acids is 2. The molecule has 4 rings (SSSR count). The predicted molar refractivity (Wildman–Crippen MR) is 110 cm³/mol. The molecule has 0 unspecified atom stereocenters. The van der Waals surface area contributed by atoms with Crippen LogP contribution in [0.15, 0.2) is 16.7 Å². The molecule has 160 valence electrons. The second-order valence-electron chi connectivity index (χ2n) is 7.73. The minimum Gasteiger partial charge on any atom is -0.493 e. The van der Waals surface area contributed by atoms with Crippen LogP contribution in [0, 0.1) is 6.92 Å². The van der Waals surface area contributed by atoms with E-state index in [1.165, 1.54) is 14.2 Å². The van der Waals surface area contributed by atoms with Crippen LogP contribution in [-0.2, 0) is 11.2 Å². The van der Waals surface area contributed by atoms with E-state index in [2.05, 4.69) is 15.5 Å². The number of aryl methyl sites for hydroxylation is 1. The van der Waals surface area contributed by atoms with Crippen molar-refractivity contribution in [2.75, 3.05) is 20.8 Å². The zero-order valence-corrected chi connectivity index (χ0v) is 18.3. The number of ether oxygens (including phenoxy) is 2. The molecule has 0 bridgehead atoms. The standard InChI is InChI=1S/C20H24N4O5S/c1-10-22-13(29-23-10)8-9-21-17(25)16-20(2,3)30-19-11-6-7-12(27-4)15(28-5)14(11)18(26)24(16)19/h6-7,16,19H,8-9H2,1-5H3,(H,21,25)/t16-,19+/m0/s1. The van der Waals surface area contributed by atoms with E-state index >= 15 is 0 Å². The van der Waals surface area contributed by atoms with Gasteiger partial charge < -0.3 is 24.2 Å². The average Bonchev–Trinajstić information content (AvgIpc) is 3.32. The van der Waals surface area contributed by atoms with Crippen molar-refractivity contribution in [3.05, 3.63) is 35.0 Å². The fraction of sp³-hybridized carbons (Fsp3) is 0.500. The van der Waals surface area contributed by atoms with Crippen LogP contribution in [0.1, 0.15) is 46.9 Å². The molecule has 10 heteroatoms. The molecule has 0 spiro atoms. The summed E-state index contributed by atoms with van der Waals surface area (Å²) in [5.41, 5.74) is 1.30. The SMILES string of the molecule is COc1ccc2c(c1OC)C(=O)N1[C@@H]2SC(C)(C)[C@@H]1C(=O)NCCc1nc(C)no1. The van der Waals surface area contributed by atoms with Gasteiger partial charge in [0.25, 0.3) is 5.91 Å². The molecule has 1 N–H and O–H groups in total. The number of thioether (sulfide) groups is 1. The van der Waals surface area contributed by atoms with Gasteiger partial charge in [0.1, 0.15) is 11.4 Å². The number of nitrogens with zero attached hydrogens (tertiary/aromatic N) is 3. The Morgan fingerprint density at radius 1 is 1.33 bits per heavy atom. The van der Waals surface area contributed by atoms with E-state index in [-0.39, 0.29) is 17.2 Å². The van der Waals surface area contributed by atoms with E-state index in [0.717, 1.165) is 5.56 Å². The Bertz CT molecular complexity index is 1010. The highest BCUT2D eigenvalue weighted by Gasteiger charge is 2.58. The predicted octanol–water partition coefficient (Wildman–Crippen LogP) is 2.10. The van der Waals surface area contributed by atoms with Crippen molar-refractivity contribution in [3.8, 4) is 11.5 Å². The maximum absolute atomic E-state index is 13.4. The molecule has 30 heavy (non-hydrogen) atoms. The number of carbonyl (C=O) groups is 2. The third kappa shape index (κ3) is 3.19. The summed E-state index contributed by atoms with van der Waals surface area (Å²) < 4.78 is 15.4. The highest BCUT2D eigenvalue weighted by atomic mass is 32.2. The maximum atomic E-state index is 13.4. The van der Waals surface area contributed by atoms with Crippen LogP contribution in [0.3, 0.4) is 0 Å². The number of benzene rings is 1. The molecule has 2 amide bonds. The van der Waals surface area contributed by atoms with Crippen LogP contribution in [0.2, 0.25) is 0 Å². The van der Waals surface area contributed by atoms with Gasteiger partial charge in [-0.1, -0.05) is 11.2 Å². The monoisotopic (exact) mass is 432 g/mol. The summed E-state index contributed by atoms with van der Waals surface area (Å²) in [5.74, 6) is 1.48. The smallest absolute Gasteiger partial charge is 0.260 e. The van der Waals surface area contributed by atoms with Gasteiger partial charge in [-0.05, 0) is 26.8 Å². The van der Waals surface area contributed by atoms with E-state index in [9.17, 15) is 9.59 Å². The van der Waals surface area contributed by atoms with Crippen molar-refractivity contribution in [2.24, 2.45) is 0 Å². The Kier molecular flexibility index (Phi) is 5.13. The minimum absolute atomic E-state index is 0.210. The zero-order chi connectivity index (χ0) is 21.6. The van der Waals surface area contributed by atoms with Crippen LogP contribution in [0.25, 0.3) is 0 Å². The minimum atomic E-state index is -0.632. The molecule has 3 heterocycles. The third-order valence-electron chi connectivity index (χ3n) is 5.35. The van der Waals surface area contributed by atoms with Crippen molar-refractivity contribution < 1.29 is 23.6 Å². The van der Waals surface area contributed by atoms with E-state index in [1.54, 1.807) is 29.7 Å². The van der Waals surface area contributed by atoms with E-state index in [4.69, 9.17) is 14.0 Å². The molecule has 1 saturated heterocycles. The molecule has 0 aliphatic carbocycles. The van der Waals surface area contributed by atoms with Crippen LogP contribution in [0.4, 0.5) is 0 Å². The first kappa shape index (κ1) is 20.5. The van der Waals surface area contributed by atoms with Gasteiger partial charge in [0.2, 0.25) is 11.8 Å². The number of methoxy groups -OCH3 is 2. The Balaban J connectivity index is 1.57. The van der Waals surface area contributed by atoms with Gasteiger partial charge in [0, 0.05) is 23.3 Å². The third-order valence-corrected chi connectivity index (χ3v) is 6.89. The van der Waals surface area contributed by atoms with Crippen molar-refractivity contribution in [3.63, 3.8) is 0 Å². The molecule has 2 atom stereocenters. The molecule has 1 fully saturated rings. The van der Waals surface area contributed by atoms with Crippen molar-refractivity contribution in [1.82, 2.24) is 20.4 Å². The molecular weight excluding hydrogens is 408 g/mol. The van der Waals surface area contributed by atoms with Gasteiger partial charge in [0.15, 0.2) is 17.3 Å². The molecule has 0 radical (unpaired) electrons.